The van der Waals surface area contributed by atoms with Crippen molar-refractivity contribution in [2.24, 2.45) is 5.92 Å². The maximum Gasteiger partial charge on any atom is 0.269 e. The number of carbonyl (C=O) groups is 3. The average Bonchev–Trinajstić information content (AvgIpc) is 3.18. The van der Waals surface area contributed by atoms with Gasteiger partial charge in [-0.3, -0.25) is 25.2 Å². The standard InChI is InChI=1S/C21H23N3O5S/c1-28-16-8-13(9-17(11-16)29-2)20(26)22-23-21(27)14-10-19(25)24(12-14)15-4-6-18(30-3)7-5-15/h4-9,11,14H,10,12H2,1-3H3,(H,22,26)(H,23,27)/t14-/m0/s1. The molecule has 1 saturated heterocycles. The van der Waals surface area contributed by atoms with E-state index in [2.05, 4.69) is 10.9 Å². The first-order chi connectivity index (χ1) is 14.4. The summed E-state index contributed by atoms with van der Waals surface area (Å²) < 4.78 is 10.3. The van der Waals surface area contributed by atoms with E-state index < -0.39 is 17.7 Å². The highest BCUT2D eigenvalue weighted by Crippen LogP contribution is 2.27. The first kappa shape index (κ1) is 21.5. The fraction of sp³-hybridized carbons (Fsp3) is 0.286. The average molecular weight is 429 g/mol. The number of anilines is 1. The van der Waals surface area contributed by atoms with E-state index in [-0.39, 0.29) is 24.4 Å². The second kappa shape index (κ2) is 9.53. The Morgan fingerprint density at radius 2 is 1.67 bits per heavy atom. The van der Waals surface area contributed by atoms with E-state index in [1.807, 2.05) is 30.5 Å². The predicted octanol–water partition coefficient (Wildman–Crippen LogP) is 2.24. The summed E-state index contributed by atoms with van der Waals surface area (Å²) >= 11 is 1.61. The van der Waals surface area contributed by atoms with E-state index in [1.165, 1.54) is 26.4 Å². The van der Waals surface area contributed by atoms with Gasteiger partial charge in [0.2, 0.25) is 11.8 Å². The minimum Gasteiger partial charge on any atom is -0.497 e. The number of nitrogens with one attached hydrogen (secondary N) is 2. The number of methoxy groups -OCH3 is 2. The molecule has 0 spiro atoms. The summed E-state index contributed by atoms with van der Waals surface area (Å²) in [6.07, 6.45) is 2.06. The van der Waals surface area contributed by atoms with Crippen LogP contribution in [0.1, 0.15) is 16.8 Å². The number of carbonyl (C=O) groups excluding carboxylic acids is 3. The van der Waals surface area contributed by atoms with Crippen LogP contribution in [0, 0.1) is 5.92 Å². The van der Waals surface area contributed by atoms with Gasteiger partial charge in [-0.05, 0) is 42.7 Å². The summed E-state index contributed by atoms with van der Waals surface area (Å²) in [5.74, 6) is -0.719. The highest BCUT2D eigenvalue weighted by Gasteiger charge is 2.35. The molecule has 158 valence electrons. The predicted molar refractivity (Wildman–Crippen MR) is 114 cm³/mol. The van der Waals surface area contributed by atoms with E-state index >= 15 is 0 Å². The molecular weight excluding hydrogens is 406 g/mol. The largest absolute Gasteiger partial charge is 0.497 e. The van der Waals surface area contributed by atoms with Crippen molar-refractivity contribution in [2.45, 2.75) is 11.3 Å². The van der Waals surface area contributed by atoms with Crippen molar-refractivity contribution in [3.8, 4) is 11.5 Å². The molecule has 30 heavy (non-hydrogen) atoms. The van der Waals surface area contributed by atoms with Crippen molar-refractivity contribution >= 4 is 35.2 Å². The molecular formula is C21H23N3O5S. The van der Waals surface area contributed by atoms with Crippen LogP contribution in [0.25, 0.3) is 0 Å². The molecule has 1 aliphatic heterocycles. The Hall–Kier alpha value is -3.20. The summed E-state index contributed by atoms with van der Waals surface area (Å²) in [5, 5.41) is 0. The quantitative estimate of drug-likeness (QED) is 0.540. The molecule has 0 bridgehead atoms. The molecule has 0 saturated carbocycles. The monoisotopic (exact) mass is 429 g/mol. The second-order valence-electron chi connectivity index (χ2n) is 6.65. The van der Waals surface area contributed by atoms with Crippen molar-refractivity contribution < 1.29 is 23.9 Å². The number of rotatable bonds is 6. The minimum absolute atomic E-state index is 0.0823. The van der Waals surface area contributed by atoms with Gasteiger partial charge in [0.05, 0.1) is 20.1 Å². The molecule has 9 heteroatoms. The summed E-state index contributed by atoms with van der Waals surface area (Å²) in [5.41, 5.74) is 5.81. The molecule has 2 aromatic carbocycles. The van der Waals surface area contributed by atoms with Gasteiger partial charge in [0.15, 0.2) is 0 Å². The van der Waals surface area contributed by atoms with Crippen LogP contribution in [0.15, 0.2) is 47.4 Å². The molecule has 8 nitrogen and oxygen atoms in total. The zero-order valence-corrected chi connectivity index (χ0v) is 17.7. The van der Waals surface area contributed by atoms with Crippen LogP contribution < -0.4 is 25.2 Å². The molecule has 1 atom stereocenters. The zero-order chi connectivity index (χ0) is 21.7. The molecule has 3 amide bonds. The number of hydrazine groups is 1. The normalized spacial score (nSPS) is 15.6. The van der Waals surface area contributed by atoms with E-state index in [0.29, 0.717) is 11.5 Å². The minimum atomic E-state index is -0.558. The lowest BCUT2D eigenvalue weighted by atomic mass is 10.1. The van der Waals surface area contributed by atoms with Gasteiger partial charge in [-0.25, -0.2) is 0 Å². The Morgan fingerprint density at radius 3 is 2.23 bits per heavy atom. The lowest BCUT2D eigenvalue weighted by Gasteiger charge is -2.17. The van der Waals surface area contributed by atoms with Gasteiger partial charge in [-0.15, -0.1) is 11.8 Å². The number of nitrogens with zero attached hydrogens (tertiary/aromatic N) is 1. The van der Waals surface area contributed by atoms with Crippen LogP contribution in [0.3, 0.4) is 0 Å². The van der Waals surface area contributed by atoms with Gasteiger partial charge >= 0.3 is 0 Å². The zero-order valence-electron chi connectivity index (χ0n) is 16.9. The first-order valence-electron chi connectivity index (χ1n) is 9.23. The lowest BCUT2D eigenvalue weighted by molar-refractivity contribution is -0.126. The van der Waals surface area contributed by atoms with E-state index in [4.69, 9.17) is 9.47 Å². The van der Waals surface area contributed by atoms with Gasteiger partial charge in [-0.1, -0.05) is 0 Å². The Bertz CT molecular complexity index is 926. The number of thioether (sulfide) groups is 1. The molecule has 0 aromatic heterocycles. The highest BCUT2D eigenvalue weighted by molar-refractivity contribution is 7.98. The number of benzene rings is 2. The van der Waals surface area contributed by atoms with Crippen molar-refractivity contribution in [1.82, 2.24) is 10.9 Å². The third-order valence-corrected chi connectivity index (χ3v) is 5.54. The number of ether oxygens (including phenoxy) is 2. The van der Waals surface area contributed by atoms with Crippen LogP contribution in [-0.4, -0.2) is 44.7 Å². The Labute approximate surface area is 178 Å². The third-order valence-electron chi connectivity index (χ3n) is 4.79. The molecule has 1 heterocycles. The Balaban J connectivity index is 1.60. The van der Waals surface area contributed by atoms with Crippen molar-refractivity contribution in [3.63, 3.8) is 0 Å². The van der Waals surface area contributed by atoms with Crippen LogP contribution in [-0.2, 0) is 9.59 Å². The highest BCUT2D eigenvalue weighted by atomic mass is 32.2. The topological polar surface area (TPSA) is 97.0 Å². The second-order valence-corrected chi connectivity index (χ2v) is 7.53. The van der Waals surface area contributed by atoms with Gasteiger partial charge in [-0.2, -0.15) is 0 Å². The molecule has 1 fully saturated rings. The summed E-state index contributed by atoms with van der Waals surface area (Å²) in [4.78, 5) is 39.9. The number of amides is 3. The fourth-order valence-corrected chi connectivity index (χ4v) is 3.53. The molecule has 2 N–H and O–H groups in total. The van der Waals surface area contributed by atoms with Crippen LogP contribution in [0.2, 0.25) is 0 Å². The Kier molecular flexibility index (Phi) is 6.83. The van der Waals surface area contributed by atoms with E-state index in [1.54, 1.807) is 22.7 Å². The molecule has 0 unspecified atom stereocenters. The van der Waals surface area contributed by atoms with Crippen molar-refractivity contribution in [1.29, 1.82) is 0 Å². The van der Waals surface area contributed by atoms with Gasteiger partial charge < -0.3 is 14.4 Å². The van der Waals surface area contributed by atoms with Gasteiger partial charge in [0.25, 0.3) is 5.91 Å². The molecule has 0 aliphatic carbocycles. The third kappa shape index (κ3) is 4.85. The molecule has 0 radical (unpaired) electrons. The number of hydrogen-bond donors (Lipinski definition) is 2. The van der Waals surface area contributed by atoms with Crippen LogP contribution in [0.4, 0.5) is 5.69 Å². The summed E-state index contributed by atoms with van der Waals surface area (Å²) in [6.45, 7) is 0.256. The molecule has 1 aliphatic rings. The van der Waals surface area contributed by atoms with Crippen molar-refractivity contribution in [3.05, 3.63) is 48.0 Å². The van der Waals surface area contributed by atoms with E-state index in [0.717, 1.165) is 10.6 Å². The van der Waals surface area contributed by atoms with Crippen molar-refractivity contribution in [2.75, 3.05) is 31.9 Å². The SMILES string of the molecule is COc1cc(OC)cc(C(=O)NNC(=O)[C@H]2CC(=O)N(c3ccc(SC)cc3)C2)c1. The van der Waals surface area contributed by atoms with Gasteiger partial charge in [0, 0.05) is 35.2 Å². The lowest BCUT2D eigenvalue weighted by Crippen LogP contribution is -2.45. The van der Waals surface area contributed by atoms with E-state index in [9.17, 15) is 14.4 Å². The van der Waals surface area contributed by atoms with Crippen LogP contribution >= 0.6 is 11.8 Å². The summed E-state index contributed by atoms with van der Waals surface area (Å²) in [6, 6.07) is 12.3. The smallest absolute Gasteiger partial charge is 0.269 e. The maximum atomic E-state index is 12.5. The summed E-state index contributed by atoms with van der Waals surface area (Å²) in [7, 11) is 2.96. The fourth-order valence-electron chi connectivity index (χ4n) is 3.13. The Morgan fingerprint density at radius 1 is 1.03 bits per heavy atom. The molecule has 2 aromatic rings. The number of hydrogen-bond acceptors (Lipinski definition) is 6. The van der Waals surface area contributed by atoms with Gasteiger partial charge in [0.1, 0.15) is 11.5 Å². The molecule has 3 rings (SSSR count). The first-order valence-corrected chi connectivity index (χ1v) is 10.4. The maximum absolute atomic E-state index is 12.5. The van der Waals surface area contributed by atoms with Crippen LogP contribution in [0.5, 0.6) is 11.5 Å².